The van der Waals surface area contributed by atoms with Crippen molar-refractivity contribution < 1.29 is 15.7 Å². The van der Waals surface area contributed by atoms with Gasteiger partial charge in [0.2, 0.25) is 0 Å². The molecular formula is C7H21NO3. The molecule has 0 heterocycles. The van der Waals surface area contributed by atoms with Crippen molar-refractivity contribution in [2.45, 2.75) is 33.4 Å². The summed E-state index contributed by atoms with van der Waals surface area (Å²) in [6.07, 6.45) is 0. The van der Waals surface area contributed by atoms with Gasteiger partial charge in [-0.15, -0.1) is 0 Å². The average molecular weight is 167 g/mol. The van der Waals surface area contributed by atoms with Crippen LogP contribution in [0, 0.1) is 5.92 Å². The zero-order chi connectivity index (χ0) is 8.78. The fourth-order valence-corrected chi connectivity index (χ4v) is 0. The Morgan fingerprint density at radius 3 is 1.45 bits per heavy atom. The summed E-state index contributed by atoms with van der Waals surface area (Å²) in [4.78, 5) is 0. The molecule has 0 saturated heterocycles. The SMILES string of the molecule is CC(C)(N)O.CC(C)CO.O. The molecule has 0 aromatic carbocycles. The zero-order valence-electron chi connectivity index (χ0n) is 7.76. The Morgan fingerprint density at radius 2 is 1.45 bits per heavy atom. The molecule has 0 aliphatic heterocycles. The summed E-state index contributed by atoms with van der Waals surface area (Å²) in [6.45, 7) is 7.29. The Bertz CT molecular complexity index is 62.6. The van der Waals surface area contributed by atoms with Gasteiger partial charge < -0.3 is 21.4 Å². The first-order valence-electron chi connectivity index (χ1n) is 3.39. The second-order valence-corrected chi connectivity index (χ2v) is 3.23. The summed E-state index contributed by atoms with van der Waals surface area (Å²) in [5.41, 5.74) is 3.91. The van der Waals surface area contributed by atoms with Gasteiger partial charge in [-0.25, -0.2) is 0 Å². The van der Waals surface area contributed by atoms with Gasteiger partial charge in [-0.05, 0) is 19.8 Å². The van der Waals surface area contributed by atoms with Crippen molar-refractivity contribution in [2.75, 3.05) is 6.61 Å². The van der Waals surface area contributed by atoms with Crippen LogP contribution in [-0.2, 0) is 0 Å². The highest BCUT2D eigenvalue weighted by Gasteiger charge is 1.98. The molecule has 0 aliphatic rings. The highest BCUT2D eigenvalue weighted by Crippen LogP contribution is 1.83. The first-order valence-corrected chi connectivity index (χ1v) is 3.39. The van der Waals surface area contributed by atoms with Crippen LogP contribution in [0.4, 0.5) is 0 Å². The first-order chi connectivity index (χ1) is 4.27. The molecule has 11 heavy (non-hydrogen) atoms. The summed E-state index contributed by atoms with van der Waals surface area (Å²) < 4.78 is 0. The van der Waals surface area contributed by atoms with Crippen LogP contribution in [0.25, 0.3) is 0 Å². The van der Waals surface area contributed by atoms with Gasteiger partial charge >= 0.3 is 0 Å². The minimum absolute atomic E-state index is 0. The lowest BCUT2D eigenvalue weighted by Crippen LogP contribution is -2.30. The molecule has 4 heteroatoms. The predicted molar refractivity (Wildman–Crippen MR) is 46.0 cm³/mol. The number of nitrogens with two attached hydrogens (primary N) is 1. The van der Waals surface area contributed by atoms with Crippen LogP contribution in [0.3, 0.4) is 0 Å². The predicted octanol–water partition coefficient (Wildman–Crippen LogP) is -0.517. The quantitative estimate of drug-likeness (QED) is 0.458. The fraction of sp³-hybridized carbons (Fsp3) is 1.00. The van der Waals surface area contributed by atoms with Crippen molar-refractivity contribution in [2.24, 2.45) is 11.7 Å². The van der Waals surface area contributed by atoms with Gasteiger partial charge in [0.1, 0.15) is 5.72 Å². The Kier molecular flexibility index (Phi) is 12.3. The normalized spacial score (nSPS) is 9.82. The van der Waals surface area contributed by atoms with E-state index < -0.39 is 5.72 Å². The highest BCUT2D eigenvalue weighted by molar-refractivity contribution is 4.47. The molecule has 6 N–H and O–H groups in total. The molecule has 0 rings (SSSR count). The van der Waals surface area contributed by atoms with E-state index in [9.17, 15) is 0 Å². The van der Waals surface area contributed by atoms with Gasteiger partial charge in [0.25, 0.3) is 0 Å². The smallest absolute Gasteiger partial charge is 0.107 e. The van der Waals surface area contributed by atoms with Gasteiger partial charge in [0, 0.05) is 6.61 Å². The maximum absolute atomic E-state index is 8.30. The standard InChI is InChI=1S/C4H10O.C3H9NO.H2O/c1-4(2)3-5;1-3(2,4)5;/h4-5H,3H2,1-2H3;5H,4H2,1-2H3;1H2. The molecule has 72 valence electrons. The van der Waals surface area contributed by atoms with Crippen molar-refractivity contribution in [3.63, 3.8) is 0 Å². The molecule has 0 fully saturated rings. The summed E-state index contributed by atoms with van der Waals surface area (Å²) in [5.74, 6) is 0.440. The number of hydrogen-bond donors (Lipinski definition) is 3. The summed E-state index contributed by atoms with van der Waals surface area (Å²) in [6, 6.07) is 0. The number of aliphatic hydroxyl groups is 2. The molecular weight excluding hydrogens is 146 g/mol. The number of rotatable bonds is 1. The minimum atomic E-state index is -1.00. The third-order valence-corrected chi connectivity index (χ3v) is 0.365. The van der Waals surface area contributed by atoms with Crippen molar-refractivity contribution in [3.05, 3.63) is 0 Å². The van der Waals surface area contributed by atoms with Crippen molar-refractivity contribution in [1.82, 2.24) is 0 Å². The van der Waals surface area contributed by atoms with Gasteiger partial charge in [-0.3, -0.25) is 0 Å². The Balaban J connectivity index is -0.000000107. The summed E-state index contributed by atoms with van der Waals surface area (Å²) >= 11 is 0. The van der Waals surface area contributed by atoms with Crippen molar-refractivity contribution >= 4 is 0 Å². The third kappa shape index (κ3) is 179. The number of aliphatic hydroxyl groups excluding tert-OH is 1. The van der Waals surface area contributed by atoms with E-state index in [-0.39, 0.29) is 5.48 Å². The molecule has 0 atom stereocenters. The molecule has 0 radical (unpaired) electrons. The minimum Gasteiger partial charge on any atom is -0.412 e. The van der Waals surface area contributed by atoms with Crippen LogP contribution < -0.4 is 5.73 Å². The van der Waals surface area contributed by atoms with E-state index in [2.05, 4.69) is 0 Å². The largest absolute Gasteiger partial charge is 0.412 e. The van der Waals surface area contributed by atoms with E-state index >= 15 is 0 Å². The van der Waals surface area contributed by atoms with Crippen LogP contribution in [0.15, 0.2) is 0 Å². The van der Waals surface area contributed by atoms with Crippen LogP contribution >= 0.6 is 0 Å². The highest BCUT2D eigenvalue weighted by atomic mass is 16.3. The van der Waals surface area contributed by atoms with Crippen molar-refractivity contribution in [1.29, 1.82) is 0 Å². The van der Waals surface area contributed by atoms with Crippen LogP contribution in [0.5, 0.6) is 0 Å². The number of hydrogen-bond acceptors (Lipinski definition) is 3. The molecule has 0 spiro atoms. The molecule has 0 amide bonds. The molecule has 0 unspecified atom stereocenters. The molecule has 0 bridgehead atoms. The topological polar surface area (TPSA) is 98.0 Å². The van der Waals surface area contributed by atoms with Gasteiger partial charge in [-0.1, -0.05) is 13.8 Å². The Hall–Kier alpha value is -0.160. The molecule has 0 aliphatic carbocycles. The lowest BCUT2D eigenvalue weighted by atomic mass is 10.2. The molecule has 0 saturated carbocycles. The van der Waals surface area contributed by atoms with Crippen LogP contribution in [-0.4, -0.2) is 28.0 Å². The maximum Gasteiger partial charge on any atom is 0.107 e. The van der Waals surface area contributed by atoms with Gasteiger partial charge in [-0.2, -0.15) is 0 Å². The maximum atomic E-state index is 8.30. The molecule has 4 nitrogen and oxygen atoms in total. The van der Waals surface area contributed by atoms with E-state index in [1.807, 2.05) is 13.8 Å². The average Bonchev–Trinajstić information content (AvgIpc) is 1.61. The Morgan fingerprint density at radius 1 is 1.36 bits per heavy atom. The Labute approximate surface area is 68.3 Å². The summed E-state index contributed by atoms with van der Waals surface area (Å²) in [5, 5.41) is 16.4. The van der Waals surface area contributed by atoms with E-state index in [0.29, 0.717) is 12.5 Å². The fourth-order valence-electron chi connectivity index (χ4n) is 0. The third-order valence-electron chi connectivity index (χ3n) is 0.365. The molecule has 0 aromatic rings. The monoisotopic (exact) mass is 167 g/mol. The lowest BCUT2D eigenvalue weighted by Gasteiger charge is -2.05. The first kappa shape index (κ1) is 17.1. The van der Waals surface area contributed by atoms with Gasteiger partial charge in [0.15, 0.2) is 0 Å². The second kappa shape index (κ2) is 7.94. The van der Waals surface area contributed by atoms with E-state index in [1.54, 1.807) is 0 Å². The summed E-state index contributed by atoms with van der Waals surface area (Å²) in [7, 11) is 0. The van der Waals surface area contributed by atoms with E-state index in [0.717, 1.165) is 0 Å². The van der Waals surface area contributed by atoms with E-state index in [1.165, 1.54) is 13.8 Å². The zero-order valence-corrected chi connectivity index (χ0v) is 7.76. The molecule has 0 aromatic heterocycles. The van der Waals surface area contributed by atoms with Gasteiger partial charge in [0.05, 0.1) is 0 Å². The lowest BCUT2D eigenvalue weighted by molar-refractivity contribution is 0.0881. The van der Waals surface area contributed by atoms with Crippen LogP contribution in [0.2, 0.25) is 0 Å². The second-order valence-electron chi connectivity index (χ2n) is 3.23. The van der Waals surface area contributed by atoms with Crippen molar-refractivity contribution in [3.8, 4) is 0 Å². The van der Waals surface area contributed by atoms with E-state index in [4.69, 9.17) is 15.9 Å². The van der Waals surface area contributed by atoms with Crippen LogP contribution in [0.1, 0.15) is 27.7 Å².